The van der Waals surface area contributed by atoms with E-state index in [1.165, 1.54) is 24.1 Å². The van der Waals surface area contributed by atoms with E-state index >= 15 is 0 Å². The van der Waals surface area contributed by atoms with E-state index in [0.717, 1.165) is 37.0 Å². The van der Waals surface area contributed by atoms with Crippen molar-refractivity contribution in [3.8, 4) is 0 Å². The van der Waals surface area contributed by atoms with Crippen molar-refractivity contribution in [1.82, 2.24) is 5.43 Å². The van der Waals surface area contributed by atoms with Gasteiger partial charge in [-0.05, 0) is 49.8 Å². The lowest BCUT2D eigenvalue weighted by Gasteiger charge is -2.22. The molecule has 1 aromatic carbocycles. The number of benzene rings is 1. The molecule has 1 unspecified atom stereocenters. The third-order valence-corrected chi connectivity index (χ3v) is 3.70. The molecule has 0 radical (unpaired) electrons. The Hall–Kier alpha value is -1.33. The molecule has 0 aliphatic heterocycles. The van der Waals surface area contributed by atoms with Gasteiger partial charge in [-0.1, -0.05) is 23.8 Å². The summed E-state index contributed by atoms with van der Waals surface area (Å²) >= 11 is 0. The Morgan fingerprint density at radius 3 is 2.35 bits per heavy atom. The minimum atomic E-state index is -4.28. The van der Waals surface area contributed by atoms with Gasteiger partial charge in [0.05, 0.1) is 5.56 Å². The average molecular weight is 284 g/mol. The van der Waals surface area contributed by atoms with E-state index in [2.05, 4.69) is 11.5 Å². The number of alkyl halides is 3. The van der Waals surface area contributed by atoms with Crippen LogP contribution in [0.25, 0.3) is 0 Å². The molecule has 2 nitrogen and oxygen atoms in total. The molecule has 0 saturated carbocycles. The number of hydrazine groups is 1. The Morgan fingerprint density at radius 2 is 1.85 bits per heavy atom. The maximum absolute atomic E-state index is 12.5. The summed E-state index contributed by atoms with van der Waals surface area (Å²) in [6, 6.07) is 5.30. The second-order valence-electron chi connectivity index (χ2n) is 5.14. The van der Waals surface area contributed by atoms with Crippen molar-refractivity contribution < 1.29 is 13.2 Å². The maximum atomic E-state index is 12.5. The molecule has 3 N–H and O–H groups in total. The summed E-state index contributed by atoms with van der Waals surface area (Å²) in [5, 5.41) is 0. The summed E-state index contributed by atoms with van der Waals surface area (Å²) in [5.74, 6) is 5.58. The molecule has 0 heterocycles. The highest BCUT2D eigenvalue weighted by molar-refractivity contribution is 5.27. The number of nitrogens with two attached hydrogens (primary N) is 1. The van der Waals surface area contributed by atoms with E-state index in [-0.39, 0.29) is 6.04 Å². The van der Waals surface area contributed by atoms with Crippen LogP contribution < -0.4 is 11.3 Å². The number of halogens is 3. The summed E-state index contributed by atoms with van der Waals surface area (Å²) in [6.45, 7) is 0. The molecule has 0 aromatic heterocycles. The molecule has 1 aliphatic carbocycles. The zero-order chi connectivity index (χ0) is 14.6. The molecule has 0 fully saturated rings. The quantitative estimate of drug-likeness (QED) is 0.504. The topological polar surface area (TPSA) is 38.0 Å². The second-order valence-corrected chi connectivity index (χ2v) is 5.14. The summed E-state index contributed by atoms with van der Waals surface area (Å²) < 4.78 is 37.5. The molecule has 110 valence electrons. The number of hydrogen-bond donors (Lipinski definition) is 2. The standard InChI is InChI=1S/C15H19F3N2/c16-15(17,18)13-8-6-11(7-9-13)10-14(20-19)12-4-2-1-3-5-12/h4,6-9,14,20H,1-3,5,10,19H2. The van der Waals surface area contributed by atoms with Crippen LogP contribution in [0.15, 0.2) is 35.9 Å². The van der Waals surface area contributed by atoms with E-state index in [0.29, 0.717) is 6.42 Å². The number of rotatable bonds is 4. The van der Waals surface area contributed by atoms with Gasteiger partial charge in [-0.2, -0.15) is 13.2 Å². The molecule has 1 aliphatic rings. The van der Waals surface area contributed by atoms with Crippen molar-refractivity contribution in [2.75, 3.05) is 0 Å². The predicted molar refractivity (Wildman–Crippen MR) is 72.8 cm³/mol. The van der Waals surface area contributed by atoms with Crippen LogP contribution in [0.4, 0.5) is 13.2 Å². The fourth-order valence-electron chi connectivity index (χ4n) is 2.54. The van der Waals surface area contributed by atoms with E-state index in [1.807, 2.05) is 0 Å². The van der Waals surface area contributed by atoms with Gasteiger partial charge >= 0.3 is 6.18 Å². The van der Waals surface area contributed by atoms with Crippen LogP contribution in [-0.2, 0) is 12.6 Å². The van der Waals surface area contributed by atoms with E-state index in [4.69, 9.17) is 5.84 Å². The smallest absolute Gasteiger partial charge is 0.271 e. The lowest BCUT2D eigenvalue weighted by atomic mass is 9.90. The Bertz CT molecular complexity index is 463. The molecular formula is C15H19F3N2. The Labute approximate surface area is 116 Å². The minimum Gasteiger partial charge on any atom is -0.271 e. The van der Waals surface area contributed by atoms with Gasteiger partial charge in [0.25, 0.3) is 0 Å². The normalized spacial score (nSPS) is 17.7. The number of hydrogen-bond acceptors (Lipinski definition) is 2. The largest absolute Gasteiger partial charge is 0.416 e. The lowest BCUT2D eigenvalue weighted by Crippen LogP contribution is -2.38. The van der Waals surface area contributed by atoms with Gasteiger partial charge in [-0.15, -0.1) is 0 Å². The van der Waals surface area contributed by atoms with Gasteiger partial charge in [-0.25, -0.2) is 0 Å². The minimum absolute atomic E-state index is 0.00652. The molecule has 0 amide bonds. The molecule has 2 rings (SSSR count). The third kappa shape index (κ3) is 3.84. The van der Waals surface area contributed by atoms with Gasteiger partial charge in [-0.3, -0.25) is 11.3 Å². The van der Waals surface area contributed by atoms with Crippen molar-refractivity contribution in [2.45, 2.75) is 44.3 Å². The van der Waals surface area contributed by atoms with Crippen LogP contribution in [-0.4, -0.2) is 6.04 Å². The highest BCUT2D eigenvalue weighted by Crippen LogP contribution is 2.29. The average Bonchev–Trinajstić information content (AvgIpc) is 2.45. The fourth-order valence-corrected chi connectivity index (χ4v) is 2.54. The van der Waals surface area contributed by atoms with Crippen molar-refractivity contribution in [3.05, 3.63) is 47.0 Å². The fraction of sp³-hybridized carbons (Fsp3) is 0.467. The molecule has 0 bridgehead atoms. The van der Waals surface area contributed by atoms with Gasteiger partial charge in [0.1, 0.15) is 0 Å². The molecule has 20 heavy (non-hydrogen) atoms. The van der Waals surface area contributed by atoms with Crippen molar-refractivity contribution in [1.29, 1.82) is 0 Å². The molecule has 1 aromatic rings. The van der Waals surface area contributed by atoms with Gasteiger partial charge in [0, 0.05) is 6.04 Å². The summed E-state index contributed by atoms with van der Waals surface area (Å²) in [7, 11) is 0. The Kier molecular flexibility index (Phi) is 4.83. The number of allylic oxidation sites excluding steroid dienone is 1. The summed E-state index contributed by atoms with van der Waals surface area (Å²) in [4.78, 5) is 0. The van der Waals surface area contributed by atoms with Crippen molar-refractivity contribution in [2.24, 2.45) is 5.84 Å². The van der Waals surface area contributed by atoms with Crippen LogP contribution in [0.5, 0.6) is 0 Å². The third-order valence-electron chi connectivity index (χ3n) is 3.70. The summed E-state index contributed by atoms with van der Waals surface area (Å²) in [6.07, 6.45) is 2.93. The van der Waals surface area contributed by atoms with Crippen LogP contribution >= 0.6 is 0 Å². The van der Waals surface area contributed by atoms with Crippen molar-refractivity contribution in [3.63, 3.8) is 0 Å². The van der Waals surface area contributed by atoms with E-state index in [9.17, 15) is 13.2 Å². The molecule has 1 atom stereocenters. The molecule has 0 spiro atoms. The first-order chi connectivity index (χ1) is 9.50. The lowest BCUT2D eigenvalue weighted by molar-refractivity contribution is -0.137. The van der Waals surface area contributed by atoms with Gasteiger partial charge < -0.3 is 0 Å². The first kappa shape index (κ1) is 15.1. The zero-order valence-corrected chi connectivity index (χ0v) is 11.2. The van der Waals surface area contributed by atoms with Gasteiger partial charge in [0.15, 0.2) is 0 Å². The van der Waals surface area contributed by atoms with Crippen LogP contribution in [0, 0.1) is 0 Å². The van der Waals surface area contributed by atoms with E-state index in [1.54, 1.807) is 0 Å². The van der Waals surface area contributed by atoms with Crippen molar-refractivity contribution >= 4 is 0 Å². The first-order valence-corrected chi connectivity index (χ1v) is 6.82. The molecule has 5 heteroatoms. The Balaban J connectivity index is 2.06. The van der Waals surface area contributed by atoms with Crippen LogP contribution in [0.1, 0.15) is 36.8 Å². The predicted octanol–water partition coefficient (Wildman–Crippen LogP) is 3.58. The van der Waals surface area contributed by atoms with Crippen LogP contribution in [0.3, 0.4) is 0 Å². The molecule has 0 saturated heterocycles. The Morgan fingerprint density at radius 1 is 1.15 bits per heavy atom. The maximum Gasteiger partial charge on any atom is 0.416 e. The highest BCUT2D eigenvalue weighted by Gasteiger charge is 2.30. The second kappa shape index (κ2) is 6.41. The number of nitrogens with one attached hydrogen (secondary N) is 1. The molecular weight excluding hydrogens is 265 g/mol. The monoisotopic (exact) mass is 284 g/mol. The SMILES string of the molecule is NNC(Cc1ccc(C(F)(F)F)cc1)C1=CCCCC1. The first-order valence-electron chi connectivity index (χ1n) is 6.82. The van der Waals surface area contributed by atoms with E-state index < -0.39 is 11.7 Å². The highest BCUT2D eigenvalue weighted by atomic mass is 19.4. The zero-order valence-electron chi connectivity index (χ0n) is 11.2. The summed E-state index contributed by atoms with van der Waals surface area (Å²) in [5.41, 5.74) is 4.28. The van der Waals surface area contributed by atoms with Crippen LogP contribution in [0.2, 0.25) is 0 Å². The van der Waals surface area contributed by atoms with Gasteiger partial charge in [0.2, 0.25) is 0 Å².